The van der Waals surface area contributed by atoms with Crippen LogP contribution < -0.4 is 0 Å². The van der Waals surface area contributed by atoms with Crippen LogP contribution in [0.5, 0.6) is 0 Å². The highest BCUT2D eigenvalue weighted by Gasteiger charge is 2.44. The fourth-order valence-electron chi connectivity index (χ4n) is 2.02. The maximum atomic E-state index is 12.6. The lowest BCUT2D eigenvalue weighted by molar-refractivity contribution is -0.138. The molecule has 0 aromatic heterocycles. The molecule has 1 aromatic carbocycles. The van der Waals surface area contributed by atoms with E-state index in [4.69, 9.17) is 10.4 Å². The molecule has 1 N–H and O–H groups in total. The number of hydrogen-bond acceptors (Lipinski definition) is 3. The molecule has 21 heavy (non-hydrogen) atoms. The van der Waals surface area contributed by atoms with Crippen molar-refractivity contribution < 1.29 is 23.1 Å². The third-order valence-corrected chi connectivity index (χ3v) is 4.87. The number of carbonyl (C=O) groups is 1. The van der Waals surface area contributed by atoms with Gasteiger partial charge in [-0.2, -0.15) is 18.4 Å². The lowest BCUT2D eigenvalue weighted by Crippen LogP contribution is -2.11. The van der Waals surface area contributed by atoms with Crippen LogP contribution in [0.2, 0.25) is 0 Å². The van der Waals surface area contributed by atoms with E-state index < -0.39 is 17.7 Å². The minimum absolute atomic E-state index is 0.0269. The lowest BCUT2D eigenvalue weighted by atomic mass is 10.1. The van der Waals surface area contributed by atoms with Crippen molar-refractivity contribution in [3.05, 3.63) is 29.3 Å². The number of rotatable bonds is 5. The molecule has 0 saturated heterocycles. The quantitative estimate of drug-likeness (QED) is 0.837. The zero-order valence-electron chi connectivity index (χ0n) is 10.9. The van der Waals surface area contributed by atoms with Crippen molar-refractivity contribution in [1.82, 2.24) is 0 Å². The first-order valence-corrected chi connectivity index (χ1v) is 7.20. The molecule has 0 aliphatic heterocycles. The van der Waals surface area contributed by atoms with Crippen LogP contribution in [0.4, 0.5) is 13.2 Å². The van der Waals surface area contributed by atoms with E-state index in [1.54, 1.807) is 6.07 Å². The fraction of sp³-hybridized carbons (Fsp3) is 0.429. The van der Waals surface area contributed by atoms with Gasteiger partial charge in [0, 0.05) is 10.6 Å². The van der Waals surface area contributed by atoms with Gasteiger partial charge in [0.2, 0.25) is 0 Å². The second-order valence-corrected chi connectivity index (χ2v) is 6.20. The van der Waals surface area contributed by atoms with Gasteiger partial charge in [-0.05, 0) is 36.5 Å². The summed E-state index contributed by atoms with van der Waals surface area (Å²) in [5.74, 6) is -0.375. The van der Waals surface area contributed by atoms with Crippen molar-refractivity contribution in [2.75, 3.05) is 5.75 Å². The van der Waals surface area contributed by atoms with Crippen LogP contribution in [-0.2, 0) is 11.0 Å². The third kappa shape index (κ3) is 3.91. The highest BCUT2D eigenvalue weighted by molar-refractivity contribution is 7.99. The first-order valence-electron chi connectivity index (χ1n) is 6.22. The van der Waals surface area contributed by atoms with Crippen molar-refractivity contribution in [1.29, 1.82) is 5.26 Å². The van der Waals surface area contributed by atoms with E-state index in [0.717, 1.165) is 25.0 Å². The van der Waals surface area contributed by atoms with E-state index in [-0.39, 0.29) is 17.4 Å². The van der Waals surface area contributed by atoms with Gasteiger partial charge in [0.15, 0.2) is 0 Å². The van der Waals surface area contributed by atoms with Crippen LogP contribution in [0.15, 0.2) is 23.1 Å². The van der Waals surface area contributed by atoms with Gasteiger partial charge in [-0.3, -0.25) is 4.79 Å². The Morgan fingerprint density at radius 3 is 2.57 bits per heavy atom. The Kier molecular flexibility index (Phi) is 4.19. The van der Waals surface area contributed by atoms with Gasteiger partial charge in [0.25, 0.3) is 0 Å². The molecule has 0 bridgehead atoms. The molecule has 0 atom stereocenters. The van der Waals surface area contributed by atoms with Gasteiger partial charge in [-0.15, -0.1) is 11.8 Å². The fourth-order valence-corrected chi connectivity index (χ4v) is 3.30. The van der Waals surface area contributed by atoms with Crippen LogP contribution in [0, 0.1) is 16.7 Å². The molecule has 0 radical (unpaired) electrons. The van der Waals surface area contributed by atoms with Crippen molar-refractivity contribution in [3.8, 4) is 6.07 Å². The predicted octanol–water partition coefficient (Wildman–Crippen LogP) is 3.92. The average Bonchev–Trinajstić information content (AvgIpc) is 3.14. The Hall–Kier alpha value is -1.68. The van der Waals surface area contributed by atoms with Gasteiger partial charge in [-0.25, -0.2) is 0 Å². The van der Waals surface area contributed by atoms with Crippen LogP contribution in [0.1, 0.15) is 30.4 Å². The summed E-state index contributed by atoms with van der Waals surface area (Å²) in [6.07, 6.45) is -2.82. The third-order valence-electron chi connectivity index (χ3n) is 3.44. The van der Waals surface area contributed by atoms with Crippen molar-refractivity contribution in [2.24, 2.45) is 5.41 Å². The molecule has 1 saturated carbocycles. The smallest absolute Gasteiger partial charge is 0.416 e. The van der Waals surface area contributed by atoms with Gasteiger partial charge < -0.3 is 5.11 Å². The first-order chi connectivity index (χ1) is 9.76. The number of alkyl halides is 3. The van der Waals surface area contributed by atoms with Crippen LogP contribution in [0.3, 0.4) is 0 Å². The number of carboxylic acids is 1. The van der Waals surface area contributed by atoms with E-state index in [0.29, 0.717) is 10.6 Å². The number of thioether (sulfide) groups is 1. The summed E-state index contributed by atoms with van der Waals surface area (Å²) >= 11 is 1.25. The van der Waals surface area contributed by atoms with E-state index in [9.17, 15) is 18.0 Å². The molecular formula is C14H12F3NO2S. The molecule has 3 nitrogen and oxygen atoms in total. The van der Waals surface area contributed by atoms with Crippen molar-refractivity contribution in [2.45, 2.75) is 30.3 Å². The summed E-state index contributed by atoms with van der Waals surface area (Å²) in [5.41, 5.74) is -1.15. The SMILES string of the molecule is N#Cc1cc(C(F)(F)F)ccc1SCC1(CC(=O)O)CC1. The predicted molar refractivity (Wildman–Crippen MR) is 70.8 cm³/mol. The Balaban J connectivity index is 2.11. The molecule has 1 aliphatic rings. The molecule has 1 aliphatic carbocycles. The molecule has 7 heteroatoms. The van der Waals surface area contributed by atoms with Crippen LogP contribution >= 0.6 is 11.8 Å². The molecule has 1 aromatic rings. The van der Waals surface area contributed by atoms with E-state index in [1.165, 1.54) is 17.8 Å². The van der Waals surface area contributed by atoms with Gasteiger partial charge in [0.05, 0.1) is 17.5 Å². The maximum absolute atomic E-state index is 12.6. The van der Waals surface area contributed by atoms with Gasteiger partial charge >= 0.3 is 12.1 Å². The van der Waals surface area contributed by atoms with Crippen molar-refractivity contribution >= 4 is 17.7 Å². The Labute approximate surface area is 123 Å². The highest BCUT2D eigenvalue weighted by Crippen LogP contribution is 2.52. The Bertz CT molecular complexity index is 603. The molecule has 0 unspecified atom stereocenters. The monoisotopic (exact) mass is 315 g/mol. The number of benzene rings is 1. The zero-order chi connectivity index (χ0) is 15.7. The van der Waals surface area contributed by atoms with E-state index in [2.05, 4.69) is 0 Å². The van der Waals surface area contributed by atoms with Crippen LogP contribution in [0.25, 0.3) is 0 Å². The molecule has 1 fully saturated rings. The maximum Gasteiger partial charge on any atom is 0.416 e. The molecule has 0 amide bonds. The first kappa shape index (κ1) is 15.7. The molecule has 2 rings (SSSR count). The molecular weight excluding hydrogens is 303 g/mol. The molecule has 112 valence electrons. The number of aliphatic carboxylic acids is 1. The Morgan fingerprint density at radius 1 is 1.43 bits per heavy atom. The molecule has 0 heterocycles. The largest absolute Gasteiger partial charge is 0.481 e. The summed E-state index contributed by atoms with van der Waals surface area (Å²) < 4.78 is 37.7. The van der Waals surface area contributed by atoms with Crippen LogP contribution in [-0.4, -0.2) is 16.8 Å². The summed E-state index contributed by atoms with van der Waals surface area (Å²) in [5, 5.41) is 17.8. The summed E-state index contributed by atoms with van der Waals surface area (Å²) in [7, 11) is 0. The molecule has 0 spiro atoms. The van der Waals surface area contributed by atoms with Crippen molar-refractivity contribution in [3.63, 3.8) is 0 Å². The number of carboxylic acid groups (broad SMARTS) is 1. The average molecular weight is 315 g/mol. The number of halogens is 3. The minimum atomic E-state index is -4.48. The summed E-state index contributed by atoms with van der Waals surface area (Å²) in [4.78, 5) is 11.2. The number of nitrogens with zero attached hydrogens (tertiary/aromatic N) is 1. The minimum Gasteiger partial charge on any atom is -0.481 e. The second-order valence-electron chi connectivity index (χ2n) is 5.18. The topological polar surface area (TPSA) is 61.1 Å². The summed E-state index contributed by atoms with van der Waals surface area (Å²) in [6, 6.07) is 4.83. The van der Waals surface area contributed by atoms with E-state index in [1.807, 2.05) is 0 Å². The number of nitriles is 1. The zero-order valence-corrected chi connectivity index (χ0v) is 11.7. The van der Waals surface area contributed by atoms with E-state index >= 15 is 0 Å². The van der Waals surface area contributed by atoms with Gasteiger partial charge in [-0.1, -0.05) is 0 Å². The standard InChI is InChI=1S/C14H12F3NO2S/c15-14(16,17)10-1-2-11(9(5-10)7-18)21-8-13(3-4-13)6-12(19)20/h1-2,5H,3-4,6,8H2,(H,19,20). The Morgan fingerprint density at radius 2 is 2.10 bits per heavy atom. The second kappa shape index (κ2) is 5.60. The highest BCUT2D eigenvalue weighted by atomic mass is 32.2. The van der Waals surface area contributed by atoms with Gasteiger partial charge in [0.1, 0.15) is 6.07 Å². The lowest BCUT2D eigenvalue weighted by Gasteiger charge is -2.13. The number of hydrogen-bond donors (Lipinski definition) is 1. The normalized spacial score (nSPS) is 16.3. The summed E-state index contributed by atoms with van der Waals surface area (Å²) in [6.45, 7) is 0.